The number of aryl methyl sites for hydroxylation is 1. The number of aromatic nitrogens is 1. The molecule has 1 heterocycles. The molecule has 0 radical (unpaired) electrons. The normalized spacial score (nSPS) is 10.6. The van der Waals surface area contributed by atoms with Crippen molar-refractivity contribution in [1.82, 2.24) is 5.16 Å². The lowest BCUT2D eigenvalue weighted by Crippen LogP contribution is -1.89. The van der Waals surface area contributed by atoms with Crippen molar-refractivity contribution >= 4 is 0 Å². The van der Waals surface area contributed by atoms with Gasteiger partial charge in [0.25, 0.3) is 0 Å². The van der Waals surface area contributed by atoms with Crippen molar-refractivity contribution in [2.75, 3.05) is 0 Å². The van der Waals surface area contributed by atoms with E-state index in [4.69, 9.17) is 4.52 Å². The van der Waals surface area contributed by atoms with E-state index in [9.17, 15) is 4.39 Å². The van der Waals surface area contributed by atoms with Crippen LogP contribution in [0.15, 0.2) is 28.8 Å². The first-order valence-electron chi connectivity index (χ1n) is 4.94. The van der Waals surface area contributed by atoms with Gasteiger partial charge in [-0.05, 0) is 25.5 Å². The average molecular weight is 205 g/mol. The molecule has 0 spiro atoms. The van der Waals surface area contributed by atoms with Gasteiger partial charge >= 0.3 is 0 Å². The minimum absolute atomic E-state index is 0.263. The highest BCUT2D eigenvalue weighted by atomic mass is 19.1. The summed E-state index contributed by atoms with van der Waals surface area (Å²) in [5, 5.41) is 3.90. The fraction of sp³-hybridized carbons (Fsp3) is 0.250. The van der Waals surface area contributed by atoms with E-state index in [0.29, 0.717) is 11.3 Å². The van der Waals surface area contributed by atoms with Crippen molar-refractivity contribution in [2.45, 2.75) is 20.3 Å². The molecule has 3 heteroatoms. The van der Waals surface area contributed by atoms with Crippen LogP contribution in [0.1, 0.15) is 18.2 Å². The largest absolute Gasteiger partial charge is 0.361 e. The molecule has 2 rings (SSSR count). The van der Waals surface area contributed by atoms with Gasteiger partial charge in [0, 0.05) is 11.1 Å². The van der Waals surface area contributed by atoms with Gasteiger partial charge in [-0.3, -0.25) is 0 Å². The molecule has 15 heavy (non-hydrogen) atoms. The van der Waals surface area contributed by atoms with Crippen molar-refractivity contribution in [3.63, 3.8) is 0 Å². The van der Waals surface area contributed by atoms with Crippen molar-refractivity contribution in [3.05, 3.63) is 41.4 Å². The van der Waals surface area contributed by atoms with Crippen LogP contribution in [0.25, 0.3) is 11.3 Å². The summed E-state index contributed by atoms with van der Waals surface area (Å²) in [5.74, 6) is 0.497. The molecule has 0 aliphatic heterocycles. The Morgan fingerprint density at radius 1 is 1.33 bits per heavy atom. The van der Waals surface area contributed by atoms with Crippen LogP contribution in [0.4, 0.5) is 4.39 Å². The van der Waals surface area contributed by atoms with Gasteiger partial charge < -0.3 is 4.52 Å². The van der Waals surface area contributed by atoms with Crippen LogP contribution >= 0.6 is 0 Å². The molecule has 2 nitrogen and oxygen atoms in total. The highest BCUT2D eigenvalue weighted by Crippen LogP contribution is 2.27. The minimum atomic E-state index is -0.263. The Balaban J connectivity index is 2.59. The van der Waals surface area contributed by atoms with Gasteiger partial charge in [0.05, 0.1) is 0 Å². The second kappa shape index (κ2) is 3.85. The zero-order valence-corrected chi connectivity index (χ0v) is 8.75. The standard InChI is InChI=1S/C12H12FNO/c1-3-9-8(2)15-14-12(9)10-6-4-5-7-11(10)13/h4-7H,3H2,1-2H3. The molecular weight excluding hydrogens is 193 g/mol. The van der Waals surface area contributed by atoms with Gasteiger partial charge in [-0.1, -0.05) is 24.2 Å². The van der Waals surface area contributed by atoms with E-state index in [0.717, 1.165) is 17.7 Å². The molecule has 0 atom stereocenters. The van der Waals surface area contributed by atoms with Crippen LogP contribution in [0.5, 0.6) is 0 Å². The monoisotopic (exact) mass is 205 g/mol. The molecule has 0 unspecified atom stereocenters. The Bertz CT molecular complexity index is 476. The first kappa shape index (κ1) is 9.90. The molecule has 0 saturated carbocycles. The molecule has 0 saturated heterocycles. The summed E-state index contributed by atoms with van der Waals surface area (Å²) in [6, 6.07) is 6.60. The van der Waals surface area contributed by atoms with E-state index in [2.05, 4.69) is 5.16 Å². The molecule has 78 valence electrons. The number of rotatable bonds is 2. The minimum Gasteiger partial charge on any atom is -0.361 e. The number of hydrogen-bond donors (Lipinski definition) is 0. The number of nitrogens with zero attached hydrogens (tertiary/aromatic N) is 1. The fourth-order valence-electron chi connectivity index (χ4n) is 1.67. The summed E-state index contributed by atoms with van der Waals surface area (Å²) in [6.07, 6.45) is 0.791. The maximum atomic E-state index is 13.5. The maximum Gasteiger partial charge on any atom is 0.137 e. The fourth-order valence-corrected chi connectivity index (χ4v) is 1.67. The zero-order valence-electron chi connectivity index (χ0n) is 8.75. The third-order valence-electron chi connectivity index (χ3n) is 2.47. The summed E-state index contributed by atoms with van der Waals surface area (Å²) < 4.78 is 18.6. The first-order chi connectivity index (χ1) is 7.24. The molecule has 1 aromatic carbocycles. The maximum absolute atomic E-state index is 13.5. The quantitative estimate of drug-likeness (QED) is 0.751. The molecule has 2 aromatic rings. The van der Waals surface area contributed by atoms with Crippen molar-refractivity contribution in [3.8, 4) is 11.3 Å². The molecule has 0 bridgehead atoms. The van der Waals surface area contributed by atoms with Gasteiger partial charge in [0.2, 0.25) is 0 Å². The molecule has 0 aliphatic carbocycles. The smallest absolute Gasteiger partial charge is 0.137 e. The summed E-state index contributed by atoms with van der Waals surface area (Å²) in [7, 11) is 0. The lowest BCUT2D eigenvalue weighted by Gasteiger charge is -2.00. The summed E-state index contributed by atoms with van der Waals surface area (Å²) in [5.41, 5.74) is 2.10. The molecule has 0 amide bonds. The van der Waals surface area contributed by atoms with Crippen molar-refractivity contribution in [2.24, 2.45) is 0 Å². The van der Waals surface area contributed by atoms with Crippen LogP contribution in [-0.2, 0) is 6.42 Å². The third-order valence-corrected chi connectivity index (χ3v) is 2.47. The Morgan fingerprint density at radius 2 is 2.07 bits per heavy atom. The lowest BCUT2D eigenvalue weighted by atomic mass is 10.0. The van der Waals surface area contributed by atoms with Crippen LogP contribution in [-0.4, -0.2) is 5.16 Å². The first-order valence-corrected chi connectivity index (χ1v) is 4.94. The zero-order chi connectivity index (χ0) is 10.8. The van der Waals surface area contributed by atoms with Gasteiger partial charge in [0.1, 0.15) is 17.3 Å². The van der Waals surface area contributed by atoms with Gasteiger partial charge in [-0.15, -0.1) is 0 Å². The topological polar surface area (TPSA) is 26.0 Å². The molecule has 0 aliphatic rings. The summed E-state index contributed by atoms with van der Waals surface area (Å²) in [4.78, 5) is 0. The molecule has 1 aromatic heterocycles. The van der Waals surface area contributed by atoms with E-state index < -0.39 is 0 Å². The van der Waals surface area contributed by atoms with Crippen molar-refractivity contribution < 1.29 is 8.91 Å². The van der Waals surface area contributed by atoms with Gasteiger partial charge in [0.15, 0.2) is 0 Å². The molecule has 0 fully saturated rings. The molecule has 0 N–H and O–H groups in total. The van der Waals surface area contributed by atoms with Crippen LogP contribution in [0.3, 0.4) is 0 Å². The predicted octanol–water partition coefficient (Wildman–Crippen LogP) is 3.35. The van der Waals surface area contributed by atoms with Crippen LogP contribution in [0, 0.1) is 12.7 Å². The average Bonchev–Trinajstić information content (AvgIpc) is 2.60. The summed E-state index contributed by atoms with van der Waals surface area (Å²) in [6.45, 7) is 3.85. The highest BCUT2D eigenvalue weighted by molar-refractivity contribution is 5.63. The highest BCUT2D eigenvalue weighted by Gasteiger charge is 2.15. The second-order valence-corrected chi connectivity index (χ2v) is 3.40. The van der Waals surface area contributed by atoms with Gasteiger partial charge in [-0.25, -0.2) is 4.39 Å². The van der Waals surface area contributed by atoms with E-state index in [1.165, 1.54) is 6.07 Å². The van der Waals surface area contributed by atoms with E-state index in [-0.39, 0.29) is 5.82 Å². The van der Waals surface area contributed by atoms with Crippen LogP contribution < -0.4 is 0 Å². The van der Waals surface area contributed by atoms with Crippen molar-refractivity contribution in [1.29, 1.82) is 0 Å². The SMILES string of the molecule is CCc1c(-c2ccccc2F)noc1C. The van der Waals surface area contributed by atoms with Gasteiger partial charge in [-0.2, -0.15) is 0 Å². The number of halogens is 1. The predicted molar refractivity (Wildman–Crippen MR) is 56.0 cm³/mol. The van der Waals surface area contributed by atoms with E-state index >= 15 is 0 Å². The van der Waals surface area contributed by atoms with E-state index in [1.54, 1.807) is 18.2 Å². The Morgan fingerprint density at radius 3 is 2.73 bits per heavy atom. The molecular formula is C12H12FNO. The second-order valence-electron chi connectivity index (χ2n) is 3.40. The number of hydrogen-bond acceptors (Lipinski definition) is 2. The Hall–Kier alpha value is -1.64. The number of benzene rings is 1. The summed E-state index contributed by atoms with van der Waals surface area (Å²) >= 11 is 0. The van der Waals surface area contributed by atoms with Crippen LogP contribution in [0.2, 0.25) is 0 Å². The Labute approximate surface area is 87.7 Å². The van der Waals surface area contributed by atoms with E-state index in [1.807, 2.05) is 13.8 Å². The third kappa shape index (κ3) is 1.65. The Kier molecular flexibility index (Phi) is 2.54. The lowest BCUT2D eigenvalue weighted by molar-refractivity contribution is 0.398.